The van der Waals surface area contributed by atoms with Crippen LogP contribution in [0.3, 0.4) is 0 Å². The molecule has 19 heavy (non-hydrogen) atoms. The lowest BCUT2D eigenvalue weighted by Gasteiger charge is -2.12. The third kappa shape index (κ3) is 5.93. The van der Waals surface area contributed by atoms with Crippen LogP contribution in [-0.4, -0.2) is 19.1 Å². The fourth-order valence-electron chi connectivity index (χ4n) is 1.56. The topological polar surface area (TPSA) is 24.1 Å². The van der Waals surface area contributed by atoms with Gasteiger partial charge in [0.1, 0.15) is 0 Å². The summed E-state index contributed by atoms with van der Waals surface area (Å²) in [5, 5.41) is 6.34. The number of hydrogen-bond donors (Lipinski definition) is 2. The summed E-state index contributed by atoms with van der Waals surface area (Å²) in [6.07, 6.45) is -4.30. The van der Waals surface area contributed by atoms with Gasteiger partial charge < -0.3 is 10.6 Å². The molecule has 0 spiro atoms. The van der Waals surface area contributed by atoms with Crippen molar-refractivity contribution in [3.63, 3.8) is 0 Å². The third-order valence-corrected chi connectivity index (χ3v) is 3.32. The highest BCUT2D eigenvalue weighted by Crippen LogP contribution is 2.31. The molecular weight excluding hydrogens is 321 g/mol. The molecule has 0 bridgehead atoms. The summed E-state index contributed by atoms with van der Waals surface area (Å²) in [6.45, 7) is 5.99. The minimum absolute atomic E-state index is 0.405. The van der Waals surface area contributed by atoms with Crippen LogP contribution in [0.2, 0.25) is 0 Å². The molecule has 2 N–H and O–H groups in total. The van der Waals surface area contributed by atoms with Gasteiger partial charge in [-0.1, -0.05) is 29.8 Å². The zero-order valence-electron chi connectivity index (χ0n) is 10.9. The van der Waals surface area contributed by atoms with E-state index in [2.05, 4.69) is 26.6 Å². The first kappa shape index (κ1) is 16.5. The van der Waals surface area contributed by atoms with Crippen LogP contribution >= 0.6 is 15.9 Å². The fraction of sp³-hybridized carbons (Fsp3) is 0.538. The van der Waals surface area contributed by atoms with E-state index in [4.69, 9.17) is 0 Å². The summed E-state index contributed by atoms with van der Waals surface area (Å²) in [7, 11) is 0. The molecule has 0 saturated heterocycles. The second kappa shape index (κ2) is 7.26. The molecular formula is C13H18BrF3N2. The molecule has 0 aliphatic heterocycles. The molecule has 0 atom stereocenters. The average molecular weight is 339 g/mol. The molecule has 2 nitrogen and oxygen atoms in total. The van der Waals surface area contributed by atoms with Crippen LogP contribution in [0.5, 0.6) is 0 Å². The van der Waals surface area contributed by atoms with E-state index in [9.17, 15) is 13.2 Å². The number of benzene rings is 1. The maximum absolute atomic E-state index is 12.6. The van der Waals surface area contributed by atoms with Crippen LogP contribution < -0.4 is 10.6 Å². The van der Waals surface area contributed by atoms with Crippen LogP contribution in [0.1, 0.15) is 25.0 Å². The van der Waals surface area contributed by atoms with Gasteiger partial charge in [0, 0.05) is 30.1 Å². The van der Waals surface area contributed by atoms with Crippen molar-refractivity contribution in [1.82, 2.24) is 10.6 Å². The summed E-state index contributed by atoms with van der Waals surface area (Å²) < 4.78 is 38.4. The van der Waals surface area contributed by atoms with Crippen LogP contribution in [0.15, 0.2) is 22.7 Å². The minimum Gasteiger partial charge on any atom is -0.313 e. The first-order valence-corrected chi connectivity index (χ1v) is 6.89. The van der Waals surface area contributed by atoms with Gasteiger partial charge in [-0.05, 0) is 23.8 Å². The Balaban J connectivity index is 2.53. The molecule has 0 aliphatic carbocycles. The molecule has 0 amide bonds. The molecule has 0 aromatic heterocycles. The molecule has 1 aromatic carbocycles. The molecule has 0 unspecified atom stereocenters. The molecule has 1 aromatic rings. The SMILES string of the molecule is CC(C)NCCNCc1cc(C(F)(F)F)ccc1Br. The number of hydrogen-bond acceptors (Lipinski definition) is 2. The Morgan fingerprint density at radius 3 is 2.47 bits per heavy atom. The van der Waals surface area contributed by atoms with E-state index < -0.39 is 11.7 Å². The van der Waals surface area contributed by atoms with Crippen molar-refractivity contribution >= 4 is 15.9 Å². The lowest BCUT2D eigenvalue weighted by Crippen LogP contribution is -2.31. The van der Waals surface area contributed by atoms with Crippen molar-refractivity contribution in [2.45, 2.75) is 32.6 Å². The molecule has 0 heterocycles. The lowest BCUT2D eigenvalue weighted by molar-refractivity contribution is -0.137. The molecule has 0 fully saturated rings. The normalized spacial score (nSPS) is 12.2. The largest absolute Gasteiger partial charge is 0.416 e. The summed E-state index contributed by atoms with van der Waals surface area (Å²) in [4.78, 5) is 0. The predicted octanol–water partition coefficient (Wildman–Crippen LogP) is 3.56. The monoisotopic (exact) mass is 338 g/mol. The Morgan fingerprint density at radius 1 is 1.21 bits per heavy atom. The average Bonchev–Trinajstić information content (AvgIpc) is 2.29. The van der Waals surface area contributed by atoms with E-state index >= 15 is 0 Å². The van der Waals surface area contributed by atoms with Crippen molar-refractivity contribution < 1.29 is 13.2 Å². The van der Waals surface area contributed by atoms with E-state index in [1.807, 2.05) is 13.8 Å². The van der Waals surface area contributed by atoms with Crippen molar-refractivity contribution in [1.29, 1.82) is 0 Å². The van der Waals surface area contributed by atoms with Crippen LogP contribution in [0.25, 0.3) is 0 Å². The lowest BCUT2D eigenvalue weighted by atomic mass is 10.1. The van der Waals surface area contributed by atoms with Gasteiger partial charge in [-0.15, -0.1) is 0 Å². The molecule has 1 rings (SSSR count). The first-order chi connectivity index (χ1) is 8.80. The Labute approximate surface area is 119 Å². The molecule has 0 saturated carbocycles. The van der Waals surface area contributed by atoms with Crippen molar-refractivity contribution in [2.75, 3.05) is 13.1 Å². The number of alkyl halides is 3. The van der Waals surface area contributed by atoms with Crippen molar-refractivity contribution in [3.05, 3.63) is 33.8 Å². The van der Waals surface area contributed by atoms with Crippen molar-refractivity contribution in [2.24, 2.45) is 0 Å². The van der Waals surface area contributed by atoms with Crippen LogP contribution in [0.4, 0.5) is 13.2 Å². The molecule has 0 aliphatic rings. The van der Waals surface area contributed by atoms with Crippen LogP contribution in [-0.2, 0) is 12.7 Å². The number of nitrogens with one attached hydrogen (secondary N) is 2. The van der Waals surface area contributed by atoms with Crippen molar-refractivity contribution in [3.8, 4) is 0 Å². The zero-order valence-corrected chi connectivity index (χ0v) is 12.5. The van der Waals surface area contributed by atoms with Gasteiger partial charge in [0.25, 0.3) is 0 Å². The molecule has 108 valence electrons. The van der Waals surface area contributed by atoms with Gasteiger partial charge >= 0.3 is 6.18 Å². The highest BCUT2D eigenvalue weighted by Gasteiger charge is 2.30. The standard InChI is InChI=1S/C13H18BrF3N2/c1-9(2)19-6-5-18-8-10-7-11(13(15,16)17)3-4-12(10)14/h3-4,7,9,18-19H,5-6,8H2,1-2H3. The van der Waals surface area contributed by atoms with Gasteiger partial charge in [0.15, 0.2) is 0 Å². The van der Waals surface area contributed by atoms with Gasteiger partial charge in [0.05, 0.1) is 5.56 Å². The van der Waals surface area contributed by atoms with E-state index in [1.54, 1.807) is 0 Å². The Bertz CT molecular complexity index is 405. The summed E-state index contributed by atoms with van der Waals surface area (Å²) >= 11 is 3.27. The Morgan fingerprint density at radius 2 is 1.89 bits per heavy atom. The van der Waals surface area contributed by atoms with E-state index in [0.29, 0.717) is 29.2 Å². The van der Waals surface area contributed by atoms with Crippen LogP contribution in [0, 0.1) is 0 Å². The smallest absolute Gasteiger partial charge is 0.313 e. The van der Waals surface area contributed by atoms with E-state index in [1.165, 1.54) is 12.1 Å². The molecule has 0 radical (unpaired) electrons. The van der Waals surface area contributed by atoms with Gasteiger partial charge in [0.2, 0.25) is 0 Å². The maximum Gasteiger partial charge on any atom is 0.416 e. The summed E-state index contributed by atoms with van der Waals surface area (Å²) in [5.74, 6) is 0. The minimum atomic E-state index is -4.30. The maximum atomic E-state index is 12.6. The Kier molecular flexibility index (Phi) is 6.29. The number of rotatable bonds is 6. The Hall–Kier alpha value is -0.590. The van der Waals surface area contributed by atoms with E-state index in [0.717, 1.165) is 12.6 Å². The summed E-state index contributed by atoms with van der Waals surface area (Å²) in [6, 6.07) is 4.09. The third-order valence-electron chi connectivity index (χ3n) is 2.54. The van der Waals surface area contributed by atoms with E-state index in [-0.39, 0.29) is 0 Å². The highest BCUT2D eigenvalue weighted by molar-refractivity contribution is 9.10. The zero-order chi connectivity index (χ0) is 14.5. The van der Waals surface area contributed by atoms with Gasteiger partial charge in [-0.25, -0.2) is 0 Å². The summed E-state index contributed by atoms with van der Waals surface area (Å²) in [5.41, 5.74) is -0.00724. The second-order valence-corrected chi connectivity index (χ2v) is 5.44. The second-order valence-electron chi connectivity index (χ2n) is 4.59. The quantitative estimate of drug-likeness (QED) is 0.775. The molecule has 6 heteroatoms. The predicted molar refractivity (Wildman–Crippen MR) is 74.0 cm³/mol. The first-order valence-electron chi connectivity index (χ1n) is 6.10. The highest BCUT2D eigenvalue weighted by atomic mass is 79.9. The van der Waals surface area contributed by atoms with Gasteiger partial charge in [-0.3, -0.25) is 0 Å². The number of halogens is 4. The van der Waals surface area contributed by atoms with Gasteiger partial charge in [-0.2, -0.15) is 13.2 Å². The fourth-order valence-corrected chi connectivity index (χ4v) is 1.95.